The van der Waals surface area contributed by atoms with E-state index < -0.39 is 45.9 Å². The van der Waals surface area contributed by atoms with Crippen LogP contribution in [0.5, 0.6) is 0 Å². The standard InChI is InChI=1S/C19H19F2N3O4/c1-10(2)17(23-18(25)16-13(20)5-4-6-14(16)21)19(26)22-12-8-7-11(3)15(9-12)24(27)28/h4-10,17H,1-3H3,(H,22,26)(H,23,25)/t17-/m0/s1. The van der Waals surface area contributed by atoms with Gasteiger partial charge in [0.2, 0.25) is 5.91 Å². The predicted molar refractivity (Wildman–Crippen MR) is 98.9 cm³/mol. The van der Waals surface area contributed by atoms with Crippen LogP contribution in [0.25, 0.3) is 0 Å². The van der Waals surface area contributed by atoms with Crippen LogP contribution in [0, 0.1) is 34.6 Å². The molecule has 0 heterocycles. The van der Waals surface area contributed by atoms with E-state index in [-0.39, 0.29) is 11.4 Å². The fraction of sp³-hybridized carbons (Fsp3) is 0.263. The van der Waals surface area contributed by atoms with Crippen molar-refractivity contribution in [3.63, 3.8) is 0 Å². The summed E-state index contributed by atoms with van der Waals surface area (Å²) in [5.41, 5.74) is -0.366. The Balaban J connectivity index is 2.22. The number of nitro benzene ring substituents is 1. The van der Waals surface area contributed by atoms with E-state index in [1.165, 1.54) is 18.2 Å². The minimum Gasteiger partial charge on any atom is -0.340 e. The molecule has 28 heavy (non-hydrogen) atoms. The van der Waals surface area contributed by atoms with Crippen molar-refractivity contribution in [1.82, 2.24) is 5.32 Å². The van der Waals surface area contributed by atoms with Crippen molar-refractivity contribution in [1.29, 1.82) is 0 Å². The molecule has 2 amide bonds. The Labute approximate surface area is 159 Å². The zero-order valence-electron chi connectivity index (χ0n) is 15.5. The van der Waals surface area contributed by atoms with Gasteiger partial charge in [0.05, 0.1) is 4.92 Å². The van der Waals surface area contributed by atoms with E-state index in [2.05, 4.69) is 10.6 Å². The molecule has 0 unspecified atom stereocenters. The van der Waals surface area contributed by atoms with Crippen LogP contribution in [0.4, 0.5) is 20.2 Å². The van der Waals surface area contributed by atoms with E-state index >= 15 is 0 Å². The maximum absolute atomic E-state index is 13.8. The van der Waals surface area contributed by atoms with Crippen molar-refractivity contribution in [2.45, 2.75) is 26.8 Å². The first-order valence-electron chi connectivity index (χ1n) is 8.42. The van der Waals surface area contributed by atoms with Crippen molar-refractivity contribution in [3.05, 3.63) is 69.3 Å². The lowest BCUT2D eigenvalue weighted by atomic mass is 10.0. The number of nitrogens with zero attached hydrogens (tertiary/aromatic N) is 1. The Morgan fingerprint density at radius 2 is 1.71 bits per heavy atom. The molecule has 2 rings (SSSR count). The normalized spacial score (nSPS) is 11.8. The molecule has 0 aliphatic heterocycles. The number of anilines is 1. The van der Waals surface area contributed by atoms with Gasteiger partial charge in [0.25, 0.3) is 11.6 Å². The number of halogens is 2. The Kier molecular flexibility index (Phi) is 6.40. The smallest absolute Gasteiger partial charge is 0.274 e. The highest BCUT2D eigenvalue weighted by molar-refractivity contribution is 6.01. The number of benzene rings is 2. The summed E-state index contributed by atoms with van der Waals surface area (Å²) in [4.78, 5) is 35.3. The van der Waals surface area contributed by atoms with E-state index in [0.717, 1.165) is 18.2 Å². The first kappa shape index (κ1) is 20.9. The number of rotatable bonds is 6. The third-order valence-electron chi connectivity index (χ3n) is 4.10. The van der Waals surface area contributed by atoms with E-state index in [9.17, 15) is 28.5 Å². The van der Waals surface area contributed by atoms with Gasteiger partial charge in [-0.25, -0.2) is 8.78 Å². The fourth-order valence-electron chi connectivity index (χ4n) is 2.57. The van der Waals surface area contributed by atoms with Gasteiger partial charge in [-0.1, -0.05) is 26.0 Å². The highest BCUT2D eigenvalue weighted by Gasteiger charge is 2.27. The molecule has 7 nitrogen and oxygen atoms in total. The molecule has 2 N–H and O–H groups in total. The molecule has 0 spiro atoms. The Morgan fingerprint density at radius 3 is 2.25 bits per heavy atom. The topological polar surface area (TPSA) is 101 Å². The zero-order chi connectivity index (χ0) is 21.0. The molecule has 9 heteroatoms. The Bertz CT molecular complexity index is 911. The van der Waals surface area contributed by atoms with Crippen molar-refractivity contribution < 1.29 is 23.3 Å². The monoisotopic (exact) mass is 391 g/mol. The highest BCUT2D eigenvalue weighted by Crippen LogP contribution is 2.23. The molecule has 1 atom stereocenters. The first-order chi connectivity index (χ1) is 13.1. The summed E-state index contributed by atoms with van der Waals surface area (Å²) in [6, 6.07) is 6.04. The van der Waals surface area contributed by atoms with Crippen LogP contribution < -0.4 is 10.6 Å². The van der Waals surface area contributed by atoms with E-state index in [0.29, 0.717) is 5.56 Å². The number of nitrogens with one attached hydrogen (secondary N) is 2. The second-order valence-electron chi connectivity index (χ2n) is 6.54. The molecule has 0 saturated carbocycles. The molecule has 0 saturated heterocycles. The SMILES string of the molecule is Cc1ccc(NC(=O)[C@@H](NC(=O)c2c(F)cccc2F)C(C)C)cc1[N+](=O)[O-]. The van der Waals surface area contributed by atoms with Crippen molar-refractivity contribution in [2.75, 3.05) is 5.32 Å². The van der Waals surface area contributed by atoms with Crippen LogP contribution >= 0.6 is 0 Å². The fourth-order valence-corrected chi connectivity index (χ4v) is 2.57. The number of hydrogen-bond acceptors (Lipinski definition) is 4. The van der Waals surface area contributed by atoms with Gasteiger partial charge in [0.15, 0.2) is 0 Å². The highest BCUT2D eigenvalue weighted by atomic mass is 19.1. The van der Waals surface area contributed by atoms with Gasteiger partial charge in [-0.3, -0.25) is 19.7 Å². The molecule has 2 aromatic rings. The maximum Gasteiger partial charge on any atom is 0.274 e. The van der Waals surface area contributed by atoms with Crippen molar-refractivity contribution >= 4 is 23.2 Å². The van der Waals surface area contributed by atoms with Gasteiger partial charge in [0.1, 0.15) is 23.2 Å². The Hall–Kier alpha value is -3.36. The third-order valence-corrected chi connectivity index (χ3v) is 4.10. The van der Waals surface area contributed by atoms with Gasteiger partial charge in [-0.05, 0) is 31.0 Å². The number of aryl methyl sites for hydroxylation is 1. The average Bonchev–Trinajstić information content (AvgIpc) is 2.60. The molecule has 0 aromatic heterocycles. The van der Waals surface area contributed by atoms with Crippen LogP contribution in [0.3, 0.4) is 0 Å². The number of carbonyl (C=O) groups excluding carboxylic acids is 2. The lowest BCUT2D eigenvalue weighted by Crippen LogP contribution is -2.47. The maximum atomic E-state index is 13.8. The van der Waals surface area contributed by atoms with E-state index in [1.54, 1.807) is 20.8 Å². The van der Waals surface area contributed by atoms with Crippen LogP contribution in [-0.4, -0.2) is 22.8 Å². The van der Waals surface area contributed by atoms with Gasteiger partial charge in [-0.15, -0.1) is 0 Å². The number of hydrogen-bond donors (Lipinski definition) is 2. The lowest BCUT2D eigenvalue weighted by Gasteiger charge is -2.22. The lowest BCUT2D eigenvalue weighted by molar-refractivity contribution is -0.385. The van der Waals surface area contributed by atoms with Crippen LogP contribution in [0.15, 0.2) is 36.4 Å². The summed E-state index contributed by atoms with van der Waals surface area (Å²) >= 11 is 0. The minimum atomic E-state index is -1.12. The molecule has 2 aromatic carbocycles. The summed E-state index contributed by atoms with van der Waals surface area (Å²) in [5.74, 6) is -4.25. The summed E-state index contributed by atoms with van der Waals surface area (Å²) in [6.07, 6.45) is 0. The molecular weight excluding hydrogens is 372 g/mol. The van der Waals surface area contributed by atoms with Crippen LogP contribution in [0.2, 0.25) is 0 Å². The number of amides is 2. The largest absolute Gasteiger partial charge is 0.340 e. The molecule has 0 aliphatic rings. The molecule has 0 fully saturated rings. The van der Waals surface area contributed by atoms with Crippen molar-refractivity contribution in [3.8, 4) is 0 Å². The summed E-state index contributed by atoms with van der Waals surface area (Å²) in [7, 11) is 0. The zero-order valence-corrected chi connectivity index (χ0v) is 15.5. The second kappa shape index (κ2) is 8.55. The summed E-state index contributed by atoms with van der Waals surface area (Å²) in [5, 5.41) is 15.8. The molecule has 0 radical (unpaired) electrons. The number of carbonyl (C=O) groups is 2. The van der Waals surface area contributed by atoms with E-state index in [1.807, 2.05) is 0 Å². The third kappa shape index (κ3) is 4.67. The Morgan fingerprint density at radius 1 is 1.11 bits per heavy atom. The molecule has 0 bridgehead atoms. The number of nitro groups is 1. The quantitative estimate of drug-likeness (QED) is 0.580. The molecule has 148 valence electrons. The van der Waals surface area contributed by atoms with Gasteiger partial charge < -0.3 is 10.6 Å². The minimum absolute atomic E-state index is 0.166. The van der Waals surface area contributed by atoms with Gasteiger partial charge in [0, 0.05) is 17.3 Å². The predicted octanol–water partition coefficient (Wildman–Crippen LogP) is 3.57. The first-order valence-corrected chi connectivity index (χ1v) is 8.42. The second-order valence-corrected chi connectivity index (χ2v) is 6.54. The molecular formula is C19H19F2N3O4. The summed E-state index contributed by atoms with van der Waals surface area (Å²) < 4.78 is 27.6. The van der Waals surface area contributed by atoms with Gasteiger partial charge in [-0.2, -0.15) is 0 Å². The van der Waals surface area contributed by atoms with Gasteiger partial charge >= 0.3 is 0 Å². The van der Waals surface area contributed by atoms with Crippen LogP contribution in [0.1, 0.15) is 29.8 Å². The van der Waals surface area contributed by atoms with Crippen molar-refractivity contribution in [2.24, 2.45) is 5.92 Å². The van der Waals surface area contributed by atoms with E-state index in [4.69, 9.17) is 0 Å². The average molecular weight is 391 g/mol. The molecule has 0 aliphatic carbocycles. The summed E-state index contributed by atoms with van der Waals surface area (Å²) in [6.45, 7) is 4.84. The van der Waals surface area contributed by atoms with Crippen LogP contribution in [-0.2, 0) is 4.79 Å².